The number of nitrogens with zero attached hydrogens (tertiary/aromatic N) is 1. The van der Waals surface area contributed by atoms with Crippen LogP contribution < -0.4 is 5.32 Å². The second-order valence-corrected chi connectivity index (χ2v) is 6.90. The van der Waals surface area contributed by atoms with Crippen LogP contribution in [0, 0.1) is 0 Å². The van der Waals surface area contributed by atoms with Gasteiger partial charge in [0.05, 0.1) is 6.54 Å². The first kappa shape index (κ1) is 18.7. The number of rotatable bonds is 7. The van der Waals surface area contributed by atoms with Crippen LogP contribution in [0.2, 0.25) is 0 Å². The van der Waals surface area contributed by atoms with E-state index < -0.39 is 0 Å². The van der Waals surface area contributed by atoms with Gasteiger partial charge in [-0.1, -0.05) is 96.2 Å². The summed E-state index contributed by atoms with van der Waals surface area (Å²) in [5.74, 6) is 0.683. The summed E-state index contributed by atoms with van der Waals surface area (Å²) in [7, 11) is 0. The third-order valence-corrected chi connectivity index (χ3v) is 4.88. The number of hydrogen-bond acceptors (Lipinski definition) is 3. The van der Waals surface area contributed by atoms with Crippen LogP contribution in [0.5, 0.6) is 0 Å². The minimum atomic E-state index is -0.0213. The lowest BCUT2D eigenvalue weighted by Gasteiger charge is -2.17. The van der Waals surface area contributed by atoms with E-state index in [-0.39, 0.29) is 11.8 Å². The third-order valence-electron chi connectivity index (χ3n) is 4.88. The first-order valence-electron chi connectivity index (χ1n) is 9.67. The summed E-state index contributed by atoms with van der Waals surface area (Å²) in [4.78, 5) is 12.7. The molecule has 4 aromatic rings. The number of hydrogen-bond donors (Lipinski definition) is 1. The average molecular weight is 382 g/mol. The van der Waals surface area contributed by atoms with Crippen molar-refractivity contribution in [1.29, 1.82) is 0 Å². The Kier molecular flexibility index (Phi) is 5.81. The predicted octanol–water partition coefficient (Wildman–Crippen LogP) is 5.18. The summed E-state index contributed by atoms with van der Waals surface area (Å²) in [6.45, 7) is 0.339. The molecule has 3 aromatic carbocycles. The number of aromatic nitrogens is 1. The number of benzene rings is 3. The maximum absolute atomic E-state index is 12.7. The average Bonchev–Trinajstić information content (AvgIpc) is 3.27. The molecule has 0 unspecified atom stereocenters. The minimum absolute atomic E-state index is 0.00888. The second-order valence-electron chi connectivity index (χ2n) is 6.90. The molecule has 1 N–H and O–H groups in total. The number of carbonyl (C=O) groups is 1. The highest BCUT2D eigenvalue weighted by molar-refractivity contribution is 5.77. The van der Waals surface area contributed by atoms with Gasteiger partial charge in [-0.25, -0.2) is 0 Å². The van der Waals surface area contributed by atoms with Gasteiger partial charge in [-0.15, -0.1) is 0 Å². The quantitative estimate of drug-likeness (QED) is 0.479. The Morgan fingerprint density at radius 3 is 1.97 bits per heavy atom. The van der Waals surface area contributed by atoms with E-state index in [1.807, 2.05) is 72.8 Å². The van der Waals surface area contributed by atoms with Gasteiger partial charge in [0.1, 0.15) is 5.69 Å². The molecule has 144 valence electrons. The summed E-state index contributed by atoms with van der Waals surface area (Å²) in [5, 5.41) is 7.04. The standard InChI is InChI=1S/C25H22N2O2/c28-25(26-18-22-16-24(29-27-22)21-14-8-3-9-15-21)17-23(19-10-4-1-5-11-19)20-12-6-2-7-13-20/h1-16,23H,17-18H2,(H,26,28). The fourth-order valence-electron chi connectivity index (χ4n) is 3.38. The van der Waals surface area contributed by atoms with Crippen molar-refractivity contribution in [2.24, 2.45) is 0 Å². The summed E-state index contributed by atoms with van der Waals surface area (Å²) >= 11 is 0. The van der Waals surface area contributed by atoms with Crippen LogP contribution in [0.4, 0.5) is 0 Å². The largest absolute Gasteiger partial charge is 0.356 e. The van der Waals surface area contributed by atoms with Crippen molar-refractivity contribution in [1.82, 2.24) is 10.5 Å². The van der Waals surface area contributed by atoms with Gasteiger partial charge in [0.2, 0.25) is 5.91 Å². The zero-order valence-electron chi connectivity index (χ0n) is 16.0. The Bertz CT molecular complexity index is 1000. The van der Waals surface area contributed by atoms with Gasteiger partial charge >= 0.3 is 0 Å². The Morgan fingerprint density at radius 2 is 1.38 bits per heavy atom. The lowest BCUT2D eigenvalue weighted by Crippen LogP contribution is -2.25. The van der Waals surface area contributed by atoms with Gasteiger partial charge in [0.25, 0.3) is 0 Å². The van der Waals surface area contributed by atoms with E-state index in [9.17, 15) is 4.79 Å². The van der Waals surface area contributed by atoms with E-state index in [4.69, 9.17) is 4.52 Å². The topological polar surface area (TPSA) is 55.1 Å². The summed E-state index contributed by atoms with van der Waals surface area (Å²) in [6.07, 6.45) is 0.372. The second kappa shape index (κ2) is 9.02. The minimum Gasteiger partial charge on any atom is -0.356 e. The van der Waals surface area contributed by atoms with Crippen LogP contribution in [0.25, 0.3) is 11.3 Å². The van der Waals surface area contributed by atoms with Crippen molar-refractivity contribution in [3.8, 4) is 11.3 Å². The molecule has 0 saturated heterocycles. The first-order chi connectivity index (χ1) is 14.3. The molecular weight excluding hydrogens is 360 g/mol. The molecule has 4 rings (SSSR count). The van der Waals surface area contributed by atoms with Crippen LogP contribution in [0.1, 0.15) is 29.2 Å². The third kappa shape index (κ3) is 4.79. The molecule has 1 amide bonds. The van der Waals surface area contributed by atoms with Crippen molar-refractivity contribution in [2.75, 3.05) is 0 Å². The Labute approximate surface area is 170 Å². The van der Waals surface area contributed by atoms with E-state index in [0.29, 0.717) is 24.4 Å². The molecule has 4 nitrogen and oxygen atoms in total. The maximum atomic E-state index is 12.7. The highest BCUT2D eigenvalue weighted by Gasteiger charge is 2.18. The zero-order valence-corrected chi connectivity index (χ0v) is 16.0. The Morgan fingerprint density at radius 1 is 0.828 bits per heavy atom. The van der Waals surface area contributed by atoms with Crippen molar-refractivity contribution < 1.29 is 9.32 Å². The molecular formula is C25H22N2O2. The van der Waals surface area contributed by atoms with Gasteiger partial charge in [0.15, 0.2) is 5.76 Å². The monoisotopic (exact) mass is 382 g/mol. The molecule has 0 aliphatic rings. The summed E-state index contributed by atoms with van der Waals surface area (Å²) in [5.41, 5.74) is 3.92. The number of amides is 1. The van der Waals surface area contributed by atoms with Crippen LogP contribution in [0.15, 0.2) is 102 Å². The fourth-order valence-corrected chi connectivity index (χ4v) is 3.38. The molecule has 0 fully saturated rings. The van der Waals surface area contributed by atoms with Gasteiger partial charge in [-0.3, -0.25) is 4.79 Å². The first-order valence-corrected chi connectivity index (χ1v) is 9.67. The van der Waals surface area contributed by atoms with E-state index in [1.54, 1.807) is 0 Å². The van der Waals surface area contributed by atoms with E-state index in [2.05, 4.69) is 34.7 Å². The molecule has 0 radical (unpaired) electrons. The van der Waals surface area contributed by atoms with Crippen molar-refractivity contribution in [3.05, 3.63) is 114 Å². The SMILES string of the molecule is O=C(CC(c1ccccc1)c1ccccc1)NCc1cc(-c2ccccc2)on1. The maximum Gasteiger partial charge on any atom is 0.221 e. The predicted molar refractivity (Wildman–Crippen MR) is 113 cm³/mol. The Balaban J connectivity index is 1.42. The van der Waals surface area contributed by atoms with Crippen molar-refractivity contribution in [2.45, 2.75) is 18.9 Å². The van der Waals surface area contributed by atoms with Crippen molar-refractivity contribution in [3.63, 3.8) is 0 Å². The number of nitrogens with one attached hydrogen (secondary N) is 1. The fraction of sp³-hybridized carbons (Fsp3) is 0.120. The normalized spacial score (nSPS) is 10.8. The molecule has 1 heterocycles. The van der Waals surface area contributed by atoms with Crippen molar-refractivity contribution >= 4 is 5.91 Å². The zero-order chi connectivity index (χ0) is 19.9. The van der Waals surface area contributed by atoms with Gasteiger partial charge < -0.3 is 9.84 Å². The molecule has 0 aliphatic carbocycles. The van der Waals surface area contributed by atoms with Crippen LogP contribution in [-0.2, 0) is 11.3 Å². The van der Waals surface area contributed by atoms with Crippen LogP contribution >= 0.6 is 0 Å². The lowest BCUT2D eigenvalue weighted by molar-refractivity contribution is -0.121. The van der Waals surface area contributed by atoms with Gasteiger partial charge in [-0.05, 0) is 11.1 Å². The van der Waals surface area contributed by atoms with E-state index in [1.165, 1.54) is 0 Å². The van der Waals surface area contributed by atoms with E-state index >= 15 is 0 Å². The van der Waals surface area contributed by atoms with Gasteiger partial charge in [-0.2, -0.15) is 0 Å². The van der Waals surface area contributed by atoms with Gasteiger partial charge in [0, 0.05) is 24.0 Å². The molecule has 0 bridgehead atoms. The Hall–Kier alpha value is -3.66. The highest BCUT2D eigenvalue weighted by Crippen LogP contribution is 2.28. The molecule has 0 atom stereocenters. The smallest absolute Gasteiger partial charge is 0.221 e. The highest BCUT2D eigenvalue weighted by atomic mass is 16.5. The van der Waals surface area contributed by atoms with Crippen LogP contribution in [-0.4, -0.2) is 11.1 Å². The van der Waals surface area contributed by atoms with Crippen LogP contribution in [0.3, 0.4) is 0 Å². The summed E-state index contributed by atoms with van der Waals surface area (Å²) in [6, 6.07) is 31.9. The van der Waals surface area contributed by atoms with E-state index in [0.717, 1.165) is 16.7 Å². The summed E-state index contributed by atoms with van der Waals surface area (Å²) < 4.78 is 5.40. The number of carbonyl (C=O) groups excluding carboxylic acids is 1. The molecule has 0 aliphatic heterocycles. The molecule has 0 spiro atoms. The molecule has 1 aromatic heterocycles. The molecule has 0 saturated carbocycles. The molecule has 4 heteroatoms. The lowest BCUT2D eigenvalue weighted by atomic mass is 9.88. The molecule has 29 heavy (non-hydrogen) atoms.